The maximum Gasteiger partial charge on any atom is 0.270 e. The van der Waals surface area contributed by atoms with Crippen molar-refractivity contribution in [3.63, 3.8) is 0 Å². The van der Waals surface area contributed by atoms with Gasteiger partial charge in [0.15, 0.2) is 0 Å². The van der Waals surface area contributed by atoms with Crippen molar-refractivity contribution in [1.82, 2.24) is 10.4 Å². The summed E-state index contributed by atoms with van der Waals surface area (Å²) >= 11 is 11.7. The molecule has 7 heteroatoms. The van der Waals surface area contributed by atoms with E-state index in [2.05, 4.69) is 4.98 Å². The second kappa shape index (κ2) is 5.44. The number of H-pyrrole nitrogens is 1. The molecule has 0 atom stereocenters. The molecule has 2 rings (SSSR count). The number of halogens is 2. The second-order valence-electron chi connectivity index (χ2n) is 3.72. The van der Waals surface area contributed by atoms with E-state index in [0.29, 0.717) is 21.3 Å². The quantitative estimate of drug-likeness (QED) is 0.450. The molecule has 1 heterocycles. The molecule has 1 amide bonds. The zero-order valence-corrected chi connectivity index (χ0v) is 11.0. The van der Waals surface area contributed by atoms with Gasteiger partial charge in [-0.05, 0) is 29.8 Å². The monoisotopic (exact) mass is 297 g/mol. The first-order valence-corrected chi connectivity index (χ1v) is 5.98. The Bertz CT molecular complexity index is 698. The number of rotatable bonds is 2. The number of amides is 1. The Morgan fingerprint density at radius 2 is 1.89 bits per heavy atom. The number of nitrogens with two attached hydrogens (primary N) is 1. The standard InChI is InChI=1S/C12H9Cl2N3O2/c13-8-3-1-6(5-9(8)14)10-4-2-7(11(18)16-10)12(19)17-15/h1-5H,15H2,(H,16,18)(H,17,19). The first-order valence-electron chi connectivity index (χ1n) is 5.22. The predicted octanol–water partition coefficient (Wildman–Crippen LogP) is 1.95. The van der Waals surface area contributed by atoms with Crippen LogP contribution in [0.1, 0.15) is 10.4 Å². The average molecular weight is 298 g/mol. The van der Waals surface area contributed by atoms with Gasteiger partial charge in [0.2, 0.25) is 0 Å². The number of carbonyl (C=O) groups is 1. The fourth-order valence-corrected chi connectivity index (χ4v) is 1.86. The molecular formula is C12H9Cl2N3O2. The Kier molecular flexibility index (Phi) is 3.90. The number of nitrogen functional groups attached to an aromatic ring is 1. The highest BCUT2D eigenvalue weighted by molar-refractivity contribution is 6.42. The number of hydrogen-bond donors (Lipinski definition) is 3. The summed E-state index contributed by atoms with van der Waals surface area (Å²) in [7, 11) is 0. The predicted molar refractivity (Wildman–Crippen MR) is 74.2 cm³/mol. The summed E-state index contributed by atoms with van der Waals surface area (Å²) in [6, 6.07) is 7.93. The Hall–Kier alpha value is -1.82. The Labute approximate surface area is 118 Å². The highest BCUT2D eigenvalue weighted by Gasteiger charge is 2.10. The molecule has 5 nitrogen and oxygen atoms in total. The molecule has 0 fully saturated rings. The molecule has 98 valence electrons. The number of hydrazine groups is 1. The summed E-state index contributed by atoms with van der Waals surface area (Å²) < 4.78 is 0. The highest BCUT2D eigenvalue weighted by Crippen LogP contribution is 2.27. The summed E-state index contributed by atoms with van der Waals surface area (Å²) in [5.41, 5.74) is 2.51. The minimum absolute atomic E-state index is 0.0636. The number of hydrogen-bond acceptors (Lipinski definition) is 3. The van der Waals surface area contributed by atoms with Crippen LogP contribution in [0.15, 0.2) is 35.1 Å². The zero-order valence-electron chi connectivity index (χ0n) is 9.54. The molecule has 2 aromatic rings. The number of nitrogens with one attached hydrogen (secondary N) is 2. The molecule has 1 aromatic heterocycles. The number of pyridine rings is 1. The molecule has 4 N–H and O–H groups in total. The molecule has 0 saturated heterocycles. The van der Waals surface area contributed by atoms with E-state index in [1.54, 1.807) is 24.3 Å². The normalized spacial score (nSPS) is 10.3. The smallest absolute Gasteiger partial charge is 0.270 e. The van der Waals surface area contributed by atoms with E-state index < -0.39 is 11.5 Å². The fourth-order valence-electron chi connectivity index (χ4n) is 1.56. The van der Waals surface area contributed by atoms with Gasteiger partial charge in [-0.2, -0.15) is 0 Å². The Morgan fingerprint density at radius 1 is 1.16 bits per heavy atom. The van der Waals surface area contributed by atoms with Crippen molar-refractivity contribution < 1.29 is 4.79 Å². The van der Waals surface area contributed by atoms with Gasteiger partial charge < -0.3 is 4.98 Å². The summed E-state index contributed by atoms with van der Waals surface area (Å²) in [6.07, 6.45) is 0. The van der Waals surface area contributed by atoms with Crippen LogP contribution in [0.25, 0.3) is 11.3 Å². The Morgan fingerprint density at radius 3 is 2.47 bits per heavy atom. The lowest BCUT2D eigenvalue weighted by Gasteiger charge is -2.05. The average Bonchev–Trinajstić information content (AvgIpc) is 2.41. The third-order valence-electron chi connectivity index (χ3n) is 2.52. The molecule has 0 radical (unpaired) electrons. The maximum atomic E-state index is 11.7. The molecule has 0 bridgehead atoms. The number of aromatic nitrogens is 1. The van der Waals surface area contributed by atoms with Crippen LogP contribution in [0.2, 0.25) is 10.0 Å². The van der Waals surface area contributed by atoms with Crippen LogP contribution in [0, 0.1) is 0 Å². The number of aromatic amines is 1. The minimum atomic E-state index is -0.651. The minimum Gasteiger partial charge on any atom is -0.321 e. The molecule has 19 heavy (non-hydrogen) atoms. The van der Waals surface area contributed by atoms with Crippen LogP contribution >= 0.6 is 23.2 Å². The number of benzene rings is 1. The van der Waals surface area contributed by atoms with Gasteiger partial charge in [0.1, 0.15) is 5.56 Å². The maximum absolute atomic E-state index is 11.7. The lowest BCUT2D eigenvalue weighted by Crippen LogP contribution is -2.34. The molecule has 0 aliphatic heterocycles. The van der Waals surface area contributed by atoms with E-state index in [9.17, 15) is 9.59 Å². The fraction of sp³-hybridized carbons (Fsp3) is 0. The van der Waals surface area contributed by atoms with Crippen molar-refractivity contribution >= 4 is 29.1 Å². The third-order valence-corrected chi connectivity index (χ3v) is 3.25. The van der Waals surface area contributed by atoms with Crippen molar-refractivity contribution in [3.8, 4) is 11.3 Å². The summed E-state index contributed by atoms with van der Waals surface area (Å²) in [4.78, 5) is 25.6. The summed E-state index contributed by atoms with van der Waals surface area (Å²) in [6.45, 7) is 0. The highest BCUT2D eigenvalue weighted by atomic mass is 35.5. The van der Waals surface area contributed by atoms with Crippen molar-refractivity contribution in [2.45, 2.75) is 0 Å². The molecule has 0 unspecified atom stereocenters. The van der Waals surface area contributed by atoms with Gasteiger partial charge in [-0.3, -0.25) is 15.0 Å². The molecule has 0 aliphatic carbocycles. The van der Waals surface area contributed by atoms with E-state index in [4.69, 9.17) is 29.0 Å². The van der Waals surface area contributed by atoms with Gasteiger partial charge in [0.25, 0.3) is 11.5 Å². The summed E-state index contributed by atoms with van der Waals surface area (Å²) in [5, 5.41) is 0.802. The van der Waals surface area contributed by atoms with E-state index >= 15 is 0 Å². The van der Waals surface area contributed by atoms with E-state index in [1.165, 1.54) is 6.07 Å². The molecule has 0 spiro atoms. The van der Waals surface area contributed by atoms with E-state index in [0.717, 1.165) is 0 Å². The molecule has 1 aromatic carbocycles. The second-order valence-corrected chi connectivity index (χ2v) is 4.53. The summed E-state index contributed by atoms with van der Waals surface area (Å²) in [5.74, 6) is 4.32. The lowest BCUT2D eigenvalue weighted by molar-refractivity contribution is 0.0952. The van der Waals surface area contributed by atoms with Gasteiger partial charge in [0, 0.05) is 5.69 Å². The SMILES string of the molecule is NNC(=O)c1ccc(-c2ccc(Cl)c(Cl)c2)[nH]c1=O. The van der Waals surface area contributed by atoms with Crippen LogP contribution in [0.5, 0.6) is 0 Å². The topological polar surface area (TPSA) is 88.0 Å². The van der Waals surface area contributed by atoms with Gasteiger partial charge in [0.05, 0.1) is 10.0 Å². The third kappa shape index (κ3) is 2.78. The van der Waals surface area contributed by atoms with Gasteiger partial charge in [-0.1, -0.05) is 29.3 Å². The van der Waals surface area contributed by atoms with Crippen molar-refractivity contribution in [2.24, 2.45) is 5.84 Å². The van der Waals surface area contributed by atoms with Crippen molar-refractivity contribution in [1.29, 1.82) is 0 Å². The first-order chi connectivity index (χ1) is 9.02. The molecular weight excluding hydrogens is 289 g/mol. The van der Waals surface area contributed by atoms with Crippen molar-refractivity contribution in [2.75, 3.05) is 0 Å². The van der Waals surface area contributed by atoms with Crippen LogP contribution in [0.3, 0.4) is 0 Å². The van der Waals surface area contributed by atoms with E-state index in [-0.39, 0.29) is 5.56 Å². The largest absolute Gasteiger partial charge is 0.321 e. The van der Waals surface area contributed by atoms with Crippen LogP contribution < -0.4 is 16.8 Å². The number of carbonyl (C=O) groups excluding carboxylic acids is 1. The lowest BCUT2D eigenvalue weighted by atomic mass is 10.1. The molecule has 0 aliphatic rings. The van der Waals surface area contributed by atoms with Crippen LogP contribution in [-0.4, -0.2) is 10.9 Å². The van der Waals surface area contributed by atoms with Crippen LogP contribution in [-0.2, 0) is 0 Å². The van der Waals surface area contributed by atoms with Crippen molar-refractivity contribution in [3.05, 3.63) is 56.3 Å². The molecule has 0 saturated carbocycles. The first kappa shape index (κ1) is 13.6. The Balaban J connectivity index is 2.47. The van der Waals surface area contributed by atoms with Crippen LogP contribution in [0.4, 0.5) is 0 Å². The zero-order chi connectivity index (χ0) is 14.0. The van der Waals surface area contributed by atoms with E-state index in [1.807, 2.05) is 5.43 Å². The van der Waals surface area contributed by atoms with Gasteiger partial charge in [-0.15, -0.1) is 0 Å². The van der Waals surface area contributed by atoms with Gasteiger partial charge >= 0.3 is 0 Å². The van der Waals surface area contributed by atoms with Gasteiger partial charge in [-0.25, -0.2) is 5.84 Å².